The van der Waals surface area contributed by atoms with Crippen molar-refractivity contribution in [2.45, 2.75) is 26.3 Å². The molecule has 2 aromatic rings. The zero-order valence-electron chi connectivity index (χ0n) is 12.1. The first-order valence-corrected chi connectivity index (χ1v) is 7.14. The molecule has 0 bridgehead atoms. The van der Waals surface area contributed by atoms with Gasteiger partial charge in [-0.1, -0.05) is 18.5 Å². The summed E-state index contributed by atoms with van der Waals surface area (Å²) in [4.78, 5) is 6.40. The highest BCUT2D eigenvalue weighted by atomic mass is 19.1. The van der Waals surface area contributed by atoms with Crippen molar-refractivity contribution in [1.82, 2.24) is 15.0 Å². The van der Waals surface area contributed by atoms with Crippen LogP contribution in [0.4, 0.5) is 4.39 Å². The van der Waals surface area contributed by atoms with Crippen molar-refractivity contribution in [2.24, 2.45) is 0 Å². The van der Waals surface area contributed by atoms with Gasteiger partial charge in [0.2, 0.25) is 0 Å². The highest BCUT2D eigenvalue weighted by molar-refractivity contribution is 5.52. The third kappa shape index (κ3) is 4.61. The van der Waals surface area contributed by atoms with Crippen LogP contribution in [0.25, 0.3) is 11.5 Å². The molecule has 1 heterocycles. The Labute approximate surface area is 123 Å². The fourth-order valence-electron chi connectivity index (χ4n) is 2.02. The number of unbranched alkanes of at least 4 members (excludes halogenated alkanes) is 1. The SMILES string of the molecule is CCCCN(CCO)Cc1noc(-c2ccc(F)cc2)n1. The van der Waals surface area contributed by atoms with Crippen LogP contribution in [-0.4, -0.2) is 39.8 Å². The third-order valence-electron chi connectivity index (χ3n) is 3.17. The molecule has 0 amide bonds. The normalized spacial score (nSPS) is 11.2. The summed E-state index contributed by atoms with van der Waals surface area (Å²) in [5, 5.41) is 13.0. The Kier molecular flexibility index (Phi) is 5.83. The quantitative estimate of drug-likeness (QED) is 0.810. The van der Waals surface area contributed by atoms with E-state index < -0.39 is 0 Å². The molecular formula is C15H20FN3O2. The molecular weight excluding hydrogens is 273 g/mol. The molecule has 5 nitrogen and oxygen atoms in total. The molecule has 21 heavy (non-hydrogen) atoms. The molecule has 0 spiro atoms. The predicted octanol–water partition coefficient (Wildman–Crippen LogP) is 2.47. The molecule has 0 unspecified atom stereocenters. The summed E-state index contributed by atoms with van der Waals surface area (Å²) in [5.41, 5.74) is 0.692. The lowest BCUT2D eigenvalue weighted by atomic mass is 10.2. The van der Waals surface area contributed by atoms with Gasteiger partial charge in [0.15, 0.2) is 5.82 Å². The summed E-state index contributed by atoms with van der Waals surface area (Å²) in [5.74, 6) is 0.649. The van der Waals surface area contributed by atoms with Crippen molar-refractivity contribution < 1.29 is 14.0 Å². The van der Waals surface area contributed by atoms with Crippen LogP contribution in [0, 0.1) is 5.82 Å². The van der Waals surface area contributed by atoms with E-state index in [2.05, 4.69) is 22.0 Å². The molecule has 6 heteroatoms. The van der Waals surface area contributed by atoms with Crippen molar-refractivity contribution in [3.05, 3.63) is 35.9 Å². The summed E-state index contributed by atoms with van der Waals surface area (Å²) in [6.45, 7) is 4.23. The van der Waals surface area contributed by atoms with Gasteiger partial charge in [0, 0.05) is 12.1 Å². The van der Waals surface area contributed by atoms with E-state index in [0.29, 0.717) is 30.4 Å². The lowest BCUT2D eigenvalue weighted by Crippen LogP contribution is -2.28. The lowest BCUT2D eigenvalue weighted by molar-refractivity contribution is 0.184. The Hall–Kier alpha value is -1.79. The predicted molar refractivity (Wildman–Crippen MR) is 77.0 cm³/mol. The van der Waals surface area contributed by atoms with Crippen LogP contribution in [0.2, 0.25) is 0 Å². The number of nitrogens with zero attached hydrogens (tertiary/aromatic N) is 3. The second kappa shape index (κ2) is 7.85. The van der Waals surface area contributed by atoms with E-state index in [1.54, 1.807) is 12.1 Å². The second-order valence-electron chi connectivity index (χ2n) is 4.88. The number of hydrogen-bond acceptors (Lipinski definition) is 5. The zero-order valence-corrected chi connectivity index (χ0v) is 12.1. The molecule has 1 aromatic heterocycles. The average molecular weight is 293 g/mol. The molecule has 114 valence electrons. The number of aromatic nitrogens is 2. The fourth-order valence-corrected chi connectivity index (χ4v) is 2.02. The zero-order chi connectivity index (χ0) is 15.1. The van der Waals surface area contributed by atoms with Gasteiger partial charge in [-0.15, -0.1) is 0 Å². The standard InChI is InChI=1S/C15H20FN3O2/c1-2-3-8-19(9-10-20)11-14-17-15(21-18-14)12-4-6-13(16)7-5-12/h4-7,20H,2-3,8-11H2,1H3. The molecule has 1 N–H and O–H groups in total. The maximum atomic E-state index is 12.9. The molecule has 0 fully saturated rings. The van der Waals surface area contributed by atoms with Crippen molar-refractivity contribution in [1.29, 1.82) is 0 Å². The van der Waals surface area contributed by atoms with Crippen molar-refractivity contribution in [3.8, 4) is 11.5 Å². The molecule has 0 radical (unpaired) electrons. The monoisotopic (exact) mass is 293 g/mol. The minimum Gasteiger partial charge on any atom is -0.395 e. The maximum absolute atomic E-state index is 12.9. The molecule has 1 aromatic carbocycles. The van der Waals surface area contributed by atoms with Crippen LogP contribution in [-0.2, 0) is 6.54 Å². The van der Waals surface area contributed by atoms with E-state index in [-0.39, 0.29) is 12.4 Å². The summed E-state index contributed by atoms with van der Waals surface area (Å²) in [7, 11) is 0. The Morgan fingerprint density at radius 1 is 1.24 bits per heavy atom. The first-order valence-electron chi connectivity index (χ1n) is 7.14. The van der Waals surface area contributed by atoms with Gasteiger partial charge in [-0.05, 0) is 37.2 Å². The van der Waals surface area contributed by atoms with Crippen LogP contribution in [0.1, 0.15) is 25.6 Å². The minimum atomic E-state index is -0.299. The van der Waals surface area contributed by atoms with Gasteiger partial charge >= 0.3 is 0 Å². The van der Waals surface area contributed by atoms with E-state index >= 15 is 0 Å². The summed E-state index contributed by atoms with van der Waals surface area (Å²) < 4.78 is 18.1. The van der Waals surface area contributed by atoms with E-state index in [9.17, 15) is 4.39 Å². The maximum Gasteiger partial charge on any atom is 0.257 e. The molecule has 0 saturated carbocycles. The van der Waals surface area contributed by atoms with Gasteiger partial charge in [-0.25, -0.2) is 4.39 Å². The topological polar surface area (TPSA) is 62.4 Å². The third-order valence-corrected chi connectivity index (χ3v) is 3.17. The van der Waals surface area contributed by atoms with Crippen LogP contribution in [0.3, 0.4) is 0 Å². The number of rotatable bonds is 8. The first kappa shape index (κ1) is 15.6. The highest BCUT2D eigenvalue weighted by Gasteiger charge is 2.12. The Bertz CT molecular complexity index is 542. The molecule has 0 aliphatic carbocycles. The number of aliphatic hydroxyl groups excluding tert-OH is 1. The smallest absolute Gasteiger partial charge is 0.257 e. The molecule has 0 aliphatic heterocycles. The van der Waals surface area contributed by atoms with E-state index in [0.717, 1.165) is 19.4 Å². The first-order chi connectivity index (χ1) is 10.2. The van der Waals surface area contributed by atoms with Gasteiger partial charge in [0.25, 0.3) is 5.89 Å². The van der Waals surface area contributed by atoms with Gasteiger partial charge in [-0.3, -0.25) is 4.90 Å². The molecule has 2 rings (SSSR count). The van der Waals surface area contributed by atoms with Crippen molar-refractivity contribution in [2.75, 3.05) is 19.7 Å². The lowest BCUT2D eigenvalue weighted by Gasteiger charge is -2.18. The van der Waals surface area contributed by atoms with Gasteiger partial charge < -0.3 is 9.63 Å². The molecule has 0 saturated heterocycles. The second-order valence-corrected chi connectivity index (χ2v) is 4.88. The van der Waals surface area contributed by atoms with E-state index in [4.69, 9.17) is 9.63 Å². The number of hydrogen-bond donors (Lipinski definition) is 1. The number of benzene rings is 1. The summed E-state index contributed by atoms with van der Waals surface area (Å²) in [6.07, 6.45) is 2.15. The number of halogens is 1. The average Bonchev–Trinajstić information content (AvgIpc) is 2.94. The Balaban J connectivity index is 2.02. The minimum absolute atomic E-state index is 0.104. The molecule has 0 aliphatic rings. The summed E-state index contributed by atoms with van der Waals surface area (Å²) in [6, 6.07) is 5.93. The van der Waals surface area contributed by atoms with Crippen LogP contribution in [0.5, 0.6) is 0 Å². The summed E-state index contributed by atoms with van der Waals surface area (Å²) >= 11 is 0. The van der Waals surface area contributed by atoms with Crippen LogP contribution < -0.4 is 0 Å². The van der Waals surface area contributed by atoms with Crippen molar-refractivity contribution in [3.63, 3.8) is 0 Å². The Morgan fingerprint density at radius 3 is 2.67 bits per heavy atom. The van der Waals surface area contributed by atoms with Gasteiger partial charge in [0.1, 0.15) is 5.82 Å². The Morgan fingerprint density at radius 2 is 2.00 bits per heavy atom. The highest BCUT2D eigenvalue weighted by Crippen LogP contribution is 2.17. The molecule has 0 atom stereocenters. The van der Waals surface area contributed by atoms with Gasteiger partial charge in [0.05, 0.1) is 13.2 Å². The van der Waals surface area contributed by atoms with E-state index in [1.165, 1.54) is 12.1 Å². The van der Waals surface area contributed by atoms with E-state index in [1.807, 2.05) is 0 Å². The number of aliphatic hydroxyl groups is 1. The van der Waals surface area contributed by atoms with Gasteiger partial charge in [-0.2, -0.15) is 4.98 Å². The largest absolute Gasteiger partial charge is 0.395 e. The fraction of sp³-hybridized carbons (Fsp3) is 0.467. The van der Waals surface area contributed by atoms with Crippen LogP contribution >= 0.6 is 0 Å². The van der Waals surface area contributed by atoms with Crippen molar-refractivity contribution >= 4 is 0 Å². The van der Waals surface area contributed by atoms with Crippen LogP contribution in [0.15, 0.2) is 28.8 Å².